The van der Waals surface area contributed by atoms with Crippen LogP contribution in [0.1, 0.15) is 18.9 Å². The first-order chi connectivity index (χ1) is 7.11. The summed E-state index contributed by atoms with van der Waals surface area (Å²) in [4.78, 5) is 0. The molecular weight excluding hydrogens is 190 g/mol. The summed E-state index contributed by atoms with van der Waals surface area (Å²) in [5.74, 6) is 1.68. The molecule has 0 heterocycles. The van der Waals surface area contributed by atoms with Crippen molar-refractivity contribution >= 4 is 0 Å². The van der Waals surface area contributed by atoms with Gasteiger partial charge in [0.25, 0.3) is 0 Å². The van der Waals surface area contributed by atoms with Gasteiger partial charge in [0.05, 0.1) is 14.2 Å². The molecule has 1 saturated carbocycles. The van der Waals surface area contributed by atoms with Crippen LogP contribution in [0.15, 0.2) is 18.2 Å². The number of methoxy groups -OCH3 is 2. The molecule has 0 saturated heterocycles. The van der Waals surface area contributed by atoms with Gasteiger partial charge >= 0.3 is 0 Å². The summed E-state index contributed by atoms with van der Waals surface area (Å²) in [6.07, 6.45) is 1.02. The molecule has 0 spiro atoms. The molecule has 1 fully saturated rings. The Morgan fingerprint density at radius 3 is 2.47 bits per heavy atom. The van der Waals surface area contributed by atoms with Crippen LogP contribution in [-0.4, -0.2) is 20.3 Å². The molecule has 1 aliphatic rings. The van der Waals surface area contributed by atoms with E-state index in [9.17, 15) is 0 Å². The van der Waals surface area contributed by atoms with Crippen LogP contribution >= 0.6 is 0 Å². The van der Waals surface area contributed by atoms with Gasteiger partial charge in [0.2, 0.25) is 0 Å². The molecule has 1 aliphatic carbocycles. The SMILES string of the molecule is COc1ccc(C2(C)CC2N)c(OC)c1. The minimum atomic E-state index is 0.0810. The number of ether oxygens (including phenoxy) is 2. The molecular formula is C12H17NO2. The Morgan fingerprint density at radius 2 is 2.00 bits per heavy atom. The van der Waals surface area contributed by atoms with E-state index in [4.69, 9.17) is 15.2 Å². The Labute approximate surface area is 90.2 Å². The van der Waals surface area contributed by atoms with Crippen molar-refractivity contribution in [3.63, 3.8) is 0 Å². The van der Waals surface area contributed by atoms with Crippen molar-refractivity contribution in [2.24, 2.45) is 5.73 Å². The van der Waals surface area contributed by atoms with Gasteiger partial charge in [-0.1, -0.05) is 13.0 Å². The second-order valence-corrected chi connectivity index (χ2v) is 4.29. The van der Waals surface area contributed by atoms with Gasteiger partial charge in [-0.15, -0.1) is 0 Å². The fraction of sp³-hybridized carbons (Fsp3) is 0.500. The maximum absolute atomic E-state index is 5.94. The third-order valence-corrected chi connectivity index (χ3v) is 3.33. The lowest BCUT2D eigenvalue weighted by Gasteiger charge is -2.15. The van der Waals surface area contributed by atoms with Crippen molar-refractivity contribution in [2.75, 3.05) is 14.2 Å². The van der Waals surface area contributed by atoms with Gasteiger partial charge in [-0.25, -0.2) is 0 Å². The van der Waals surface area contributed by atoms with Crippen LogP contribution < -0.4 is 15.2 Å². The van der Waals surface area contributed by atoms with Gasteiger partial charge < -0.3 is 15.2 Å². The monoisotopic (exact) mass is 207 g/mol. The van der Waals surface area contributed by atoms with Crippen molar-refractivity contribution in [2.45, 2.75) is 24.8 Å². The minimum absolute atomic E-state index is 0.0810. The van der Waals surface area contributed by atoms with Gasteiger partial charge in [-0.3, -0.25) is 0 Å². The highest BCUT2D eigenvalue weighted by Gasteiger charge is 2.50. The van der Waals surface area contributed by atoms with Crippen LogP contribution in [0.3, 0.4) is 0 Å². The highest BCUT2D eigenvalue weighted by atomic mass is 16.5. The Hall–Kier alpha value is -1.22. The van der Waals surface area contributed by atoms with Crippen molar-refractivity contribution in [1.82, 2.24) is 0 Å². The van der Waals surface area contributed by atoms with Crippen molar-refractivity contribution in [3.8, 4) is 11.5 Å². The lowest BCUT2D eigenvalue weighted by molar-refractivity contribution is 0.388. The molecule has 82 valence electrons. The number of benzene rings is 1. The summed E-state index contributed by atoms with van der Waals surface area (Å²) < 4.78 is 10.5. The maximum Gasteiger partial charge on any atom is 0.126 e. The molecule has 3 nitrogen and oxygen atoms in total. The zero-order chi connectivity index (χ0) is 11.1. The van der Waals surface area contributed by atoms with Gasteiger partial charge in [0, 0.05) is 23.1 Å². The average molecular weight is 207 g/mol. The molecule has 2 atom stereocenters. The summed E-state index contributed by atoms with van der Waals surface area (Å²) in [6, 6.07) is 6.16. The second kappa shape index (κ2) is 3.42. The third kappa shape index (κ3) is 1.57. The lowest BCUT2D eigenvalue weighted by atomic mass is 9.96. The van der Waals surface area contributed by atoms with Crippen molar-refractivity contribution in [1.29, 1.82) is 0 Å². The lowest BCUT2D eigenvalue weighted by Crippen LogP contribution is -2.15. The molecule has 0 aliphatic heterocycles. The summed E-state index contributed by atoms with van der Waals surface area (Å²) in [5.41, 5.74) is 7.20. The Kier molecular flexibility index (Phi) is 2.35. The zero-order valence-electron chi connectivity index (χ0n) is 9.41. The van der Waals surface area contributed by atoms with E-state index in [1.807, 2.05) is 18.2 Å². The van der Waals surface area contributed by atoms with Gasteiger partial charge in [-0.2, -0.15) is 0 Å². The highest BCUT2D eigenvalue weighted by molar-refractivity contribution is 5.49. The summed E-state index contributed by atoms with van der Waals surface area (Å²) in [7, 11) is 3.33. The van der Waals surface area contributed by atoms with Gasteiger partial charge in [0.15, 0.2) is 0 Å². The van der Waals surface area contributed by atoms with E-state index in [1.54, 1.807) is 14.2 Å². The summed E-state index contributed by atoms with van der Waals surface area (Å²) >= 11 is 0. The van der Waals surface area contributed by atoms with Crippen LogP contribution in [0.4, 0.5) is 0 Å². The first-order valence-electron chi connectivity index (χ1n) is 5.10. The molecule has 2 unspecified atom stereocenters. The summed E-state index contributed by atoms with van der Waals surface area (Å²) in [6.45, 7) is 2.17. The Morgan fingerprint density at radius 1 is 1.33 bits per heavy atom. The van der Waals surface area contributed by atoms with Crippen LogP contribution in [0.25, 0.3) is 0 Å². The molecule has 1 aromatic carbocycles. The van der Waals surface area contributed by atoms with E-state index >= 15 is 0 Å². The second-order valence-electron chi connectivity index (χ2n) is 4.29. The predicted octanol–water partition coefficient (Wildman–Crippen LogP) is 1.69. The third-order valence-electron chi connectivity index (χ3n) is 3.33. The average Bonchev–Trinajstić information content (AvgIpc) is 2.87. The van der Waals surface area contributed by atoms with Crippen LogP contribution in [0.5, 0.6) is 11.5 Å². The number of hydrogen-bond donors (Lipinski definition) is 1. The Balaban J connectivity index is 2.40. The molecule has 3 heteroatoms. The number of nitrogens with two attached hydrogens (primary N) is 1. The van der Waals surface area contributed by atoms with Gasteiger partial charge in [-0.05, 0) is 12.5 Å². The van der Waals surface area contributed by atoms with E-state index in [0.717, 1.165) is 17.9 Å². The van der Waals surface area contributed by atoms with E-state index in [-0.39, 0.29) is 11.5 Å². The highest BCUT2D eigenvalue weighted by Crippen LogP contribution is 2.50. The number of rotatable bonds is 3. The first-order valence-corrected chi connectivity index (χ1v) is 5.10. The predicted molar refractivity (Wildman–Crippen MR) is 59.5 cm³/mol. The Bertz CT molecular complexity index is 378. The molecule has 1 aromatic rings. The molecule has 0 radical (unpaired) electrons. The topological polar surface area (TPSA) is 44.5 Å². The summed E-state index contributed by atoms with van der Waals surface area (Å²) in [5, 5.41) is 0. The minimum Gasteiger partial charge on any atom is -0.497 e. The molecule has 2 rings (SSSR count). The van der Waals surface area contributed by atoms with E-state index in [0.29, 0.717) is 0 Å². The van der Waals surface area contributed by atoms with E-state index in [2.05, 4.69) is 6.92 Å². The number of hydrogen-bond acceptors (Lipinski definition) is 3. The standard InChI is InChI=1S/C12H17NO2/c1-12(7-11(12)13)9-5-4-8(14-2)6-10(9)15-3/h4-6,11H,7,13H2,1-3H3. The molecule has 0 aromatic heterocycles. The zero-order valence-corrected chi connectivity index (χ0v) is 9.41. The molecule has 2 N–H and O–H groups in total. The normalized spacial score (nSPS) is 28.7. The largest absolute Gasteiger partial charge is 0.497 e. The van der Waals surface area contributed by atoms with Crippen LogP contribution in [-0.2, 0) is 5.41 Å². The van der Waals surface area contributed by atoms with Gasteiger partial charge in [0.1, 0.15) is 11.5 Å². The first kappa shape index (κ1) is 10.3. The van der Waals surface area contributed by atoms with Crippen LogP contribution in [0.2, 0.25) is 0 Å². The fourth-order valence-electron chi connectivity index (χ4n) is 1.98. The fourth-order valence-corrected chi connectivity index (χ4v) is 1.98. The van der Waals surface area contributed by atoms with Crippen molar-refractivity contribution < 1.29 is 9.47 Å². The molecule has 0 bridgehead atoms. The quantitative estimate of drug-likeness (QED) is 0.820. The maximum atomic E-state index is 5.94. The smallest absolute Gasteiger partial charge is 0.126 e. The van der Waals surface area contributed by atoms with Crippen LogP contribution in [0, 0.1) is 0 Å². The van der Waals surface area contributed by atoms with E-state index < -0.39 is 0 Å². The van der Waals surface area contributed by atoms with E-state index in [1.165, 1.54) is 5.56 Å². The molecule has 15 heavy (non-hydrogen) atoms. The van der Waals surface area contributed by atoms with Crippen molar-refractivity contribution in [3.05, 3.63) is 23.8 Å². The molecule has 0 amide bonds.